The van der Waals surface area contributed by atoms with Crippen LogP contribution in [0.25, 0.3) is 0 Å². The molecule has 3 atom stereocenters. The van der Waals surface area contributed by atoms with Crippen molar-refractivity contribution in [2.24, 2.45) is 27.1 Å². The maximum atomic E-state index is 13.2. The number of carbonyl (C=O) groups excluding carboxylic acids is 4. The third-order valence-corrected chi connectivity index (χ3v) is 8.72. The summed E-state index contributed by atoms with van der Waals surface area (Å²) >= 11 is 0. The van der Waals surface area contributed by atoms with Crippen molar-refractivity contribution >= 4 is 35.3 Å². The SMILES string of the molecule is Cc1c(/C=N/N=N\N)ccc2c1CC[C@@H]2NC(=O)c1cc(C(=O)NCc2ccc3c(c2)N(C2C(=O)C(=O)C2N)CCC3)ncn1. The zero-order valence-corrected chi connectivity index (χ0v) is 24.6. The number of Topliss-reactive ketones (excluding diaryl/α,β-unsaturated/α-hetero) is 2. The number of hydrogen-bond acceptors (Lipinski definition) is 10. The van der Waals surface area contributed by atoms with Crippen LogP contribution in [0.15, 0.2) is 58.3 Å². The number of aromatic nitrogens is 2. The molecule has 0 saturated heterocycles. The number of aryl methyl sites for hydroxylation is 1. The lowest BCUT2D eigenvalue weighted by atomic mass is 9.81. The molecule has 6 N–H and O–H groups in total. The van der Waals surface area contributed by atoms with E-state index in [0.29, 0.717) is 6.54 Å². The van der Waals surface area contributed by atoms with Gasteiger partial charge in [0.25, 0.3) is 11.8 Å². The number of hydrogen-bond donors (Lipinski definition) is 4. The van der Waals surface area contributed by atoms with Crippen molar-refractivity contribution in [2.75, 3.05) is 11.4 Å². The Balaban J connectivity index is 1.10. The standard InChI is InChI=1S/C31H32N10O4/c1-16-19(14-37-40-39-33)6-7-21-20(16)8-9-22(21)38-31(45)24-12-23(35-15-36-24)30(44)34-13-17-4-5-18-3-2-10-41(25(18)11-17)27-26(32)28(42)29(27)43/h4-7,11-12,14-15,22,26-27H,2-3,8-10,13,32H2,1H3,(H2,33,40)(H,34,44)(H,38,45)/b37-14+/t22-,26?,27?/m0/s1. The largest absolute Gasteiger partial charge is 0.359 e. The van der Waals surface area contributed by atoms with Gasteiger partial charge < -0.3 is 27.1 Å². The van der Waals surface area contributed by atoms with Gasteiger partial charge in [-0.3, -0.25) is 19.2 Å². The lowest BCUT2D eigenvalue weighted by Crippen LogP contribution is -2.69. The first-order valence-corrected chi connectivity index (χ1v) is 14.7. The minimum absolute atomic E-state index is 0.0560. The van der Waals surface area contributed by atoms with Gasteiger partial charge in [0.05, 0.1) is 18.3 Å². The zero-order valence-electron chi connectivity index (χ0n) is 24.6. The van der Waals surface area contributed by atoms with Gasteiger partial charge in [-0.05, 0) is 77.3 Å². The van der Waals surface area contributed by atoms with E-state index in [9.17, 15) is 19.2 Å². The van der Waals surface area contributed by atoms with Crippen molar-refractivity contribution in [3.8, 4) is 0 Å². The van der Waals surface area contributed by atoms with E-state index in [-0.39, 0.29) is 24.0 Å². The number of benzene rings is 2. The quantitative estimate of drug-likeness (QED) is 0.0955. The zero-order chi connectivity index (χ0) is 31.7. The number of rotatable bonds is 8. The Morgan fingerprint density at radius 2 is 1.87 bits per heavy atom. The molecule has 3 aromatic rings. The first kappa shape index (κ1) is 29.7. The van der Waals surface area contributed by atoms with E-state index in [0.717, 1.165) is 64.8 Å². The molecule has 2 amide bonds. The van der Waals surface area contributed by atoms with Crippen molar-refractivity contribution in [2.45, 2.75) is 57.3 Å². The number of fused-ring (bicyclic) bond motifs is 2. The van der Waals surface area contributed by atoms with E-state index in [4.69, 9.17) is 11.6 Å². The molecule has 45 heavy (non-hydrogen) atoms. The summed E-state index contributed by atoms with van der Waals surface area (Å²) in [6.45, 7) is 2.80. The normalized spacial score (nSPS) is 20.7. The molecule has 1 saturated carbocycles. The van der Waals surface area contributed by atoms with Gasteiger partial charge in [-0.1, -0.05) is 29.5 Å². The van der Waals surface area contributed by atoms with E-state index >= 15 is 0 Å². The van der Waals surface area contributed by atoms with Crippen LogP contribution in [0.1, 0.15) is 73.2 Å². The number of nitrogens with two attached hydrogens (primary N) is 2. The Bertz CT molecular complexity index is 1770. The number of nitrogens with zero attached hydrogens (tertiary/aromatic N) is 6. The Kier molecular flexibility index (Phi) is 8.13. The Labute approximate surface area is 258 Å². The second-order valence-electron chi connectivity index (χ2n) is 11.3. The number of nitrogens with one attached hydrogen (secondary N) is 2. The predicted octanol–water partition coefficient (Wildman–Crippen LogP) is 1.39. The van der Waals surface area contributed by atoms with Crippen LogP contribution in [-0.4, -0.2) is 58.2 Å². The molecule has 1 fully saturated rings. The summed E-state index contributed by atoms with van der Waals surface area (Å²) in [5.74, 6) is 3.13. The first-order chi connectivity index (χ1) is 21.8. The summed E-state index contributed by atoms with van der Waals surface area (Å²) in [6.07, 6.45) is 5.98. The lowest BCUT2D eigenvalue weighted by molar-refractivity contribution is -0.145. The maximum absolute atomic E-state index is 13.2. The van der Waals surface area contributed by atoms with Crippen molar-refractivity contribution in [3.05, 3.63) is 87.5 Å². The monoisotopic (exact) mass is 608 g/mol. The van der Waals surface area contributed by atoms with Crippen LogP contribution in [0.3, 0.4) is 0 Å². The maximum Gasteiger partial charge on any atom is 0.270 e. The Morgan fingerprint density at radius 3 is 2.64 bits per heavy atom. The van der Waals surface area contributed by atoms with Crippen LogP contribution in [-0.2, 0) is 29.0 Å². The van der Waals surface area contributed by atoms with Crippen LogP contribution >= 0.6 is 0 Å². The van der Waals surface area contributed by atoms with Gasteiger partial charge in [-0.15, -0.1) is 5.10 Å². The molecule has 14 nitrogen and oxygen atoms in total. The smallest absolute Gasteiger partial charge is 0.270 e. The van der Waals surface area contributed by atoms with Crippen molar-refractivity contribution in [1.82, 2.24) is 20.6 Å². The molecule has 2 aliphatic carbocycles. The second kappa shape index (κ2) is 12.3. The van der Waals surface area contributed by atoms with Crippen molar-refractivity contribution < 1.29 is 19.2 Å². The van der Waals surface area contributed by atoms with E-state index in [1.54, 1.807) is 6.21 Å². The minimum Gasteiger partial charge on any atom is -0.359 e. The molecule has 230 valence electrons. The van der Waals surface area contributed by atoms with Gasteiger partial charge in [0.15, 0.2) is 0 Å². The van der Waals surface area contributed by atoms with Crippen LogP contribution in [0, 0.1) is 6.92 Å². The summed E-state index contributed by atoms with van der Waals surface area (Å²) in [5.41, 5.74) is 12.9. The highest BCUT2D eigenvalue weighted by Gasteiger charge is 2.50. The van der Waals surface area contributed by atoms with Crippen molar-refractivity contribution in [1.29, 1.82) is 0 Å². The van der Waals surface area contributed by atoms with Gasteiger partial charge in [0.1, 0.15) is 23.8 Å². The van der Waals surface area contributed by atoms with Crippen LogP contribution in [0.4, 0.5) is 5.69 Å². The topological polar surface area (TPSA) is 210 Å². The molecule has 0 spiro atoms. The lowest BCUT2D eigenvalue weighted by Gasteiger charge is -2.43. The molecular formula is C31H32N10O4. The fourth-order valence-electron chi connectivity index (χ4n) is 6.32. The molecule has 1 aliphatic heterocycles. The summed E-state index contributed by atoms with van der Waals surface area (Å²) in [6, 6.07) is 9.35. The first-order valence-electron chi connectivity index (χ1n) is 14.7. The molecule has 3 aliphatic rings. The Hall–Kier alpha value is -5.37. The van der Waals surface area contributed by atoms with Crippen LogP contribution < -0.4 is 27.1 Å². The van der Waals surface area contributed by atoms with E-state index in [1.165, 1.54) is 12.4 Å². The molecular weight excluding hydrogens is 576 g/mol. The number of amides is 2. The van der Waals surface area contributed by atoms with Gasteiger partial charge in [0, 0.05) is 24.8 Å². The molecule has 0 bridgehead atoms. The average Bonchev–Trinajstić information content (AvgIpc) is 3.47. The van der Waals surface area contributed by atoms with Gasteiger partial charge in [0.2, 0.25) is 11.6 Å². The van der Waals surface area contributed by atoms with E-state index in [1.807, 2.05) is 42.2 Å². The predicted molar refractivity (Wildman–Crippen MR) is 163 cm³/mol. The molecule has 2 unspecified atom stereocenters. The van der Waals surface area contributed by atoms with Crippen LogP contribution in [0.2, 0.25) is 0 Å². The van der Waals surface area contributed by atoms with E-state index in [2.05, 4.69) is 36.1 Å². The summed E-state index contributed by atoms with van der Waals surface area (Å²) < 4.78 is 0. The summed E-state index contributed by atoms with van der Waals surface area (Å²) in [4.78, 5) is 60.3. The van der Waals surface area contributed by atoms with Crippen molar-refractivity contribution in [3.63, 3.8) is 0 Å². The highest BCUT2D eigenvalue weighted by Crippen LogP contribution is 2.35. The van der Waals surface area contributed by atoms with E-state index < -0.39 is 35.5 Å². The molecule has 0 radical (unpaired) electrons. The highest BCUT2D eigenvalue weighted by atomic mass is 16.2. The van der Waals surface area contributed by atoms with Gasteiger partial charge in [-0.2, -0.15) is 0 Å². The molecule has 2 aromatic carbocycles. The van der Waals surface area contributed by atoms with Gasteiger partial charge in [-0.25, -0.2) is 9.97 Å². The number of carbonyl (C=O) groups is 4. The molecule has 1 aromatic heterocycles. The minimum atomic E-state index is -0.823. The Morgan fingerprint density at radius 1 is 1.07 bits per heavy atom. The second-order valence-corrected chi connectivity index (χ2v) is 11.3. The highest BCUT2D eigenvalue weighted by molar-refractivity contribution is 6.49. The number of anilines is 1. The summed E-state index contributed by atoms with van der Waals surface area (Å²) in [7, 11) is 0. The molecule has 14 heteroatoms. The summed E-state index contributed by atoms with van der Waals surface area (Å²) in [5, 5.41) is 16.2. The van der Waals surface area contributed by atoms with Crippen LogP contribution in [0.5, 0.6) is 0 Å². The third kappa shape index (κ3) is 5.67. The van der Waals surface area contributed by atoms with Gasteiger partial charge >= 0.3 is 0 Å². The molecule has 2 heterocycles. The molecule has 6 rings (SSSR count). The average molecular weight is 609 g/mol. The fourth-order valence-corrected chi connectivity index (χ4v) is 6.32. The number of ketones is 2. The fraction of sp³-hybridized carbons (Fsp3) is 0.323. The third-order valence-electron chi connectivity index (χ3n) is 8.72.